The highest BCUT2D eigenvalue weighted by Gasteiger charge is 2.22. The Labute approximate surface area is 116 Å². The zero-order valence-corrected chi connectivity index (χ0v) is 11.3. The minimum atomic E-state index is -0.829. The van der Waals surface area contributed by atoms with E-state index in [2.05, 4.69) is 0 Å². The molecule has 1 heterocycles. The zero-order chi connectivity index (χ0) is 13.8. The Morgan fingerprint density at radius 1 is 1.47 bits per heavy atom. The SMILES string of the molecule is COc1cc2c(c(CCCC(=O)O)c1Cl)OCCO2. The molecule has 104 valence electrons. The van der Waals surface area contributed by atoms with Gasteiger partial charge in [0.1, 0.15) is 19.0 Å². The maximum Gasteiger partial charge on any atom is 0.303 e. The molecule has 0 amide bonds. The van der Waals surface area contributed by atoms with E-state index in [0.717, 1.165) is 5.56 Å². The number of halogens is 1. The van der Waals surface area contributed by atoms with Crippen molar-refractivity contribution in [1.82, 2.24) is 0 Å². The second-order valence-corrected chi connectivity index (χ2v) is 4.52. The number of hydrogen-bond acceptors (Lipinski definition) is 4. The van der Waals surface area contributed by atoms with Crippen molar-refractivity contribution in [2.45, 2.75) is 19.3 Å². The summed E-state index contributed by atoms with van der Waals surface area (Å²) >= 11 is 6.25. The minimum Gasteiger partial charge on any atom is -0.495 e. The van der Waals surface area contributed by atoms with Crippen LogP contribution in [0.3, 0.4) is 0 Å². The van der Waals surface area contributed by atoms with Crippen LogP contribution >= 0.6 is 11.6 Å². The topological polar surface area (TPSA) is 65.0 Å². The molecule has 6 heteroatoms. The highest BCUT2D eigenvalue weighted by atomic mass is 35.5. The van der Waals surface area contributed by atoms with Gasteiger partial charge in [-0.15, -0.1) is 0 Å². The zero-order valence-electron chi connectivity index (χ0n) is 10.6. The Morgan fingerprint density at radius 3 is 2.89 bits per heavy atom. The molecule has 0 saturated carbocycles. The van der Waals surface area contributed by atoms with E-state index < -0.39 is 5.97 Å². The maximum atomic E-state index is 10.6. The molecular formula is C13H15ClO5. The fourth-order valence-electron chi connectivity index (χ4n) is 1.99. The van der Waals surface area contributed by atoms with Crippen molar-refractivity contribution in [3.63, 3.8) is 0 Å². The second-order valence-electron chi connectivity index (χ2n) is 4.14. The van der Waals surface area contributed by atoms with Gasteiger partial charge in [-0.1, -0.05) is 11.6 Å². The molecule has 0 unspecified atom stereocenters. The van der Waals surface area contributed by atoms with E-state index >= 15 is 0 Å². The van der Waals surface area contributed by atoms with Gasteiger partial charge in [0.25, 0.3) is 0 Å². The van der Waals surface area contributed by atoms with Gasteiger partial charge < -0.3 is 19.3 Å². The van der Waals surface area contributed by atoms with Gasteiger partial charge in [-0.05, 0) is 12.8 Å². The highest BCUT2D eigenvalue weighted by Crippen LogP contribution is 2.44. The molecule has 0 bridgehead atoms. The second kappa shape index (κ2) is 6.02. The number of hydrogen-bond donors (Lipinski definition) is 1. The van der Waals surface area contributed by atoms with Crippen molar-refractivity contribution in [2.75, 3.05) is 20.3 Å². The smallest absolute Gasteiger partial charge is 0.303 e. The van der Waals surface area contributed by atoms with E-state index in [4.69, 9.17) is 30.9 Å². The summed E-state index contributed by atoms with van der Waals surface area (Å²) in [5.41, 5.74) is 0.747. The normalized spacial score (nSPS) is 13.2. The van der Waals surface area contributed by atoms with Crippen molar-refractivity contribution in [2.24, 2.45) is 0 Å². The van der Waals surface area contributed by atoms with E-state index in [1.165, 1.54) is 7.11 Å². The molecule has 1 aliphatic heterocycles. The molecule has 19 heavy (non-hydrogen) atoms. The van der Waals surface area contributed by atoms with E-state index in [-0.39, 0.29) is 6.42 Å². The molecule has 1 aliphatic rings. The number of aliphatic carboxylic acids is 1. The number of methoxy groups -OCH3 is 1. The van der Waals surface area contributed by atoms with Crippen molar-refractivity contribution in [3.05, 3.63) is 16.7 Å². The lowest BCUT2D eigenvalue weighted by molar-refractivity contribution is -0.137. The number of carboxylic acid groups (broad SMARTS) is 1. The van der Waals surface area contributed by atoms with E-state index in [9.17, 15) is 4.79 Å². The summed E-state index contributed by atoms with van der Waals surface area (Å²) in [4.78, 5) is 10.6. The maximum absolute atomic E-state index is 10.6. The third kappa shape index (κ3) is 3.04. The monoisotopic (exact) mass is 286 g/mol. The first-order chi connectivity index (χ1) is 9.13. The van der Waals surface area contributed by atoms with Crippen molar-refractivity contribution < 1.29 is 24.1 Å². The standard InChI is InChI=1S/C13H15ClO5/c1-17-9-7-10-13(19-6-5-18-10)8(12(9)14)3-2-4-11(15)16/h7H,2-6H2,1H3,(H,15,16). The van der Waals surface area contributed by atoms with Crippen molar-refractivity contribution in [3.8, 4) is 17.2 Å². The molecule has 0 aliphatic carbocycles. The van der Waals surface area contributed by atoms with Crippen LogP contribution in [0.4, 0.5) is 0 Å². The number of carboxylic acids is 1. The summed E-state index contributed by atoms with van der Waals surface area (Å²) in [5, 5.41) is 9.14. The molecule has 0 saturated heterocycles. The van der Waals surface area contributed by atoms with Crippen LogP contribution in [0.2, 0.25) is 5.02 Å². The fraction of sp³-hybridized carbons (Fsp3) is 0.462. The lowest BCUT2D eigenvalue weighted by atomic mass is 10.1. The summed E-state index contributed by atoms with van der Waals surface area (Å²) in [5.74, 6) is 0.876. The van der Waals surface area contributed by atoms with Crippen LogP contribution in [0, 0.1) is 0 Å². The predicted octanol–water partition coefficient (Wildman–Crippen LogP) is 2.53. The lowest BCUT2D eigenvalue weighted by Crippen LogP contribution is -2.17. The van der Waals surface area contributed by atoms with Crippen molar-refractivity contribution in [1.29, 1.82) is 0 Å². The van der Waals surface area contributed by atoms with Gasteiger partial charge in [-0.2, -0.15) is 0 Å². The summed E-state index contributed by atoms with van der Waals surface area (Å²) in [6.07, 6.45) is 1.08. The van der Waals surface area contributed by atoms with Crippen LogP contribution in [0.1, 0.15) is 18.4 Å². The molecule has 1 aromatic rings. The Morgan fingerprint density at radius 2 is 2.21 bits per heavy atom. The Bertz CT molecular complexity index is 486. The molecule has 0 aromatic heterocycles. The summed E-state index contributed by atoms with van der Waals surface area (Å²) in [6.45, 7) is 0.938. The average Bonchev–Trinajstić information content (AvgIpc) is 2.40. The van der Waals surface area contributed by atoms with Gasteiger partial charge in [-0.3, -0.25) is 4.79 Å². The minimum absolute atomic E-state index is 0.0865. The van der Waals surface area contributed by atoms with Gasteiger partial charge in [0.15, 0.2) is 11.5 Å². The van der Waals surface area contributed by atoms with Gasteiger partial charge in [0.05, 0.1) is 12.1 Å². The number of ether oxygens (including phenoxy) is 3. The van der Waals surface area contributed by atoms with Crippen LogP contribution < -0.4 is 14.2 Å². The van der Waals surface area contributed by atoms with E-state index in [1.807, 2.05) is 0 Å². The van der Waals surface area contributed by atoms with Crippen LogP contribution in [0.25, 0.3) is 0 Å². The highest BCUT2D eigenvalue weighted by molar-refractivity contribution is 6.33. The third-order valence-electron chi connectivity index (χ3n) is 2.87. The molecule has 0 atom stereocenters. The van der Waals surface area contributed by atoms with Crippen LogP contribution in [0.5, 0.6) is 17.2 Å². The molecule has 0 spiro atoms. The molecule has 2 rings (SSSR count). The van der Waals surface area contributed by atoms with E-state index in [0.29, 0.717) is 48.3 Å². The van der Waals surface area contributed by atoms with Crippen molar-refractivity contribution >= 4 is 17.6 Å². The number of carbonyl (C=O) groups is 1. The van der Waals surface area contributed by atoms with Gasteiger partial charge in [0, 0.05) is 18.1 Å². The summed E-state index contributed by atoms with van der Waals surface area (Å²) < 4.78 is 16.3. The number of rotatable bonds is 5. The first-order valence-electron chi connectivity index (χ1n) is 6.00. The average molecular weight is 287 g/mol. The first kappa shape index (κ1) is 13.8. The van der Waals surface area contributed by atoms with Crippen LogP contribution in [-0.4, -0.2) is 31.4 Å². The summed E-state index contributed by atoms with van der Waals surface area (Å²) in [6, 6.07) is 1.69. The largest absolute Gasteiger partial charge is 0.495 e. The van der Waals surface area contributed by atoms with Gasteiger partial charge in [-0.25, -0.2) is 0 Å². The van der Waals surface area contributed by atoms with Gasteiger partial charge in [0.2, 0.25) is 0 Å². The molecule has 5 nitrogen and oxygen atoms in total. The fourth-order valence-corrected chi connectivity index (χ4v) is 2.31. The number of benzene rings is 1. The Hall–Kier alpha value is -1.62. The van der Waals surface area contributed by atoms with Crippen LogP contribution in [-0.2, 0) is 11.2 Å². The van der Waals surface area contributed by atoms with Gasteiger partial charge >= 0.3 is 5.97 Å². The Kier molecular flexibility index (Phi) is 4.37. The molecule has 0 radical (unpaired) electrons. The predicted molar refractivity (Wildman–Crippen MR) is 69.6 cm³/mol. The van der Waals surface area contributed by atoms with Crippen LogP contribution in [0.15, 0.2) is 6.07 Å². The lowest BCUT2D eigenvalue weighted by Gasteiger charge is -2.23. The summed E-state index contributed by atoms with van der Waals surface area (Å²) in [7, 11) is 1.53. The number of fused-ring (bicyclic) bond motifs is 1. The molecule has 1 N–H and O–H groups in total. The quantitative estimate of drug-likeness (QED) is 0.901. The van der Waals surface area contributed by atoms with E-state index in [1.54, 1.807) is 6.07 Å². The molecule has 0 fully saturated rings. The third-order valence-corrected chi connectivity index (χ3v) is 3.28. The Balaban J connectivity index is 2.30. The molecule has 1 aromatic carbocycles. The molecular weight excluding hydrogens is 272 g/mol. The first-order valence-corrected chi connectivity index (χ1v) is 6.38.